The van der Waals surface area contributed by atoms with Crippen molar-refractivity contribution in [2.75, 3.05) is 6.61 Å². The molecule has 0 saturated heterocycles. The smallest absolute Gasteiger partial charge is 0.340 e. The molecule has 0 aliphatic rings. The van der Waals surface area contributed by atoms with E-state index < -0.39 is 5.97 Å². The van der Waals surface area contributed by atoms with Crippen LogP contribution in [-0.2, 0) is 14.3 Å². The zero-order valence-corrected chi connectivity index (χ0v) is 15.6. The summed E-state index contributed by atoms with van der Waals surface area (Å²) in [7, 11) is 0. The second-order valence-corrected chi connectivity index (χ2v) is 7.65. The molecule has 4 nitrogen and oxygen atoms in total. The van der Waals surface area contributed by atoms with Gasteiger partial charge in [0, 0.05) is 15.8 Å². The summed E-state index contributed by atoms with van der Waals surface area (Å²) in [4.78, 5) is 26.1. The van der Waals surface area contributed by atoms with Gasteiger partial charge in [0.05, 0.1) is 5.57 Å². The van der Waals surface area contributed by atoms with E-state index in [2.05, 4.69) is 5.32 Å². The molecule has 0 bridgehead atoms. The van der Waals surface area contributed by atoms with E-state index in [0.29, 0.717) is 11.5 Å². The van der Waals surface area contributed by atoms with E-state index in [-0.39, 0.29) is 18.6 Å². The van der Waals surface area contributed by atoms with E-state index in [9.17, 15) is 9.59 Å². The van der Waals surface area contributed by atoms with Crippen LogP contribution >= 0.6 is 22.7 Å². The molecule has 0 radical (unpaired) electrons. The maximum absolute atomic E-state index is 12.4. The molecule has 24 heavy (non-hydrogen) atoms. The van der Waals surface area contributed by atoms with Crippen LogP contribution in [0.25, 0.3) is 11.6 Å². The fourth-order valence-electron chi connectivity index (χ4n) is 1.85. The van der Waals surface area contributed by atoms with Crippen molar-refractivity contribution in [3.63, 3.8) is 0 Å². The van der Waals surface area contributed by atoms with E-state index in [4.69, 9.17) is 4.74 Å². The van der Waals surface area contributed by atoms with Crippen molar-refractivity contribution in [1.82, 2.24) is 5.32 Å². The molecule has 0 aliphatic heterocycles. The second kappa shape index (κ2) is 8.80. The first-order valence-electron chi connectivity index (χ1n) is 7.73. The van der Waals surface area contributed by atoms with Crippen LogP contribution < -0.4 is 5.32 Å². The summed E-state index contributed by atoms with van der Waals surface area (Å²) in [6.45, 7) is 5.70. The van der Waals surface area contributed by atoms with Gasteiger partial charge < -0.3 is 10.1 Å². The van der Waals surface area contributed by atoms with Crippen LogP contribution in [-0.4, -0.2) is 24.5 Å². The highest BCUT2D eigenvalue weighted by Crippen LogP contribution is 2.25. The van der Waals surface area contributed by atoms with Crippen molar-refractivity contribution in [2.24, 2.45) is 5.92 Å². The molecular weight excluding hydrogens is 342 g/mol. The first kappa shape index (κ1) is 18.4. The van der Waals surface area contributed by atoms with E-state index in [1.54, 1.807) is 17.4 Å². The molecule has 2 rings (SSSR count). The van der Waals surface area contributed by atoms with Crippen LogP contribution in [0.1, 0.15) is 30.5 Å². The maximum atomic E-state index is 12.4. The number of amides is 1. The molecule has 0 aromatic carbocycles. The minimum absolute atomic E-state index is 0.0367. The fraction of sp³-hybridized carbons (Fsp3) is 0.333. The summed E-state index contributed by atoms with van der Waals surface area (Å²) >= 11 is 3.01. The molecule has 2 aromatic heterocycles. The minimum Gasteiger partial charge on any atom is -0.452 e. The lowest BCUT2D eigenvalue weighted by molar-refractivity contribution is -0.143. The first-order chi connectivity index (χ1) is 11.5. The van der Waals surface area contributed by atoms with Gasteiger partial charge in [0.2, 0.25) is 0 Å². The summed E-state index contributed by atoms with van der Waals surface area (Å²) in [6.07, 6.45) is 1.80. The van der Waals surface area contributed by atoms with Gasteiger partial charge in [-0.25, -0.2) is 4.79 Å². The van der Waals surface area contributed by atoms with Crippen molar-refractivity contribution in [3.05, 3.63) is 44.8 Å². The Morgan fingerprint density at radius 3 is 2.46 bits per heavy atom. The van der Waals surface area contributed by atoms with Gasteiger partial charge >= 0.3 is 5.97 Å². The predicted molar refractivity (Wildman–Crippen MR) is 99.9 cm³/mol. The molecule has 128 valence electrons. The Kier molecular flexibility index (Phi) is 6.75. The summed E-state index contributed by atoms with van der Waals surface area (Å²) in [5, 5.41) is 6.68. The van der Waals surface area contributed by atoms with Crippen LogP contribution in [0.5, 0.6) is 0 Å². The molecule has 2 heterocycles. The number of thiophene rings is 2. The van der Waals surface area contributed by atoms with Crippen LogP contribution in [0.15, 0.2) is 35.0 Å². The molecule has 0 saturated carbocycles. The number of esters is 1. The number of hydrogen-bond donors (Lipinski definition) is 1. The van der Waals surface area contributed by atoms with Crippen LogP contribution in [0, 0.1) is 5.92 Å². The quantitative estimate of drug-likeness (QED) is 0.596. The average molecular weight is 364 g/mol. The summed E-state index contributed by atoms with van der Waals surface area (Å²) < 4.78 is 5.21. The predicted octanol–water partition coefficient (Wildman–Crippen LogP) is 4.05. The molecule has 0 unspecified atom stereocenters. The van der Waals surface area contributed by atoms with Crippen molar-refractivity contribution in [3.8, 4) is 0 Å². The number of carbonyl (C=O) groups is 2. The fourth-order valence-corrected chi connectivity index (χ4v) is 3.24. The number of rotatable bonds is 7. The maximum Gasteiger partial charge on any atom is 0.340 e. The summed E-state index contributed by atoms with van der Waals surface area (Å²) in [5.41, 5.74) is 0.470. The normalized spacial score (nSPS) is 12.9. The van der Waals surface area contributed by atoms with Gasteiger partial charge in [-0.3, -0.25) is 4.79 Å². The van der Waals surface area contributed by atoms with E-state index in [1.165, 1.54) is 11.3 Å². The monoisotopic (exact) mass is 363 g/mol. The van der Waals surface area contributed by atoms with Gasteiger partial charge in [0.1, 0.15) is 0 Å². The van der Waals surface area contributed by atoms with Gasteiger partial charge in [0.25, 0.3) is 5.91 Å². The zero-order valence-electron chi connectivity index (χ0n) is 13.9. The van der Waals surface area contributed by atoms with Gasteiger partial charge in [-0.05, 0) is 41.8 Å². The lowest BCUT2D eigenvalue weighted by Crippen LogP contribution is -2.38. The average Bonchev–Trinajstić information content (AvgIpc) is 3.23. The molecule has 0 spiro atoms. The Hall–Kier alpha value is -1.92. The van der Waals surface area contributed by atoms with E-state index >= 15 is 0 Å². The summed E-state index contributed by atoms with van der Waals surface area (Å²) in [5.74, 6) is -0.450. The third kappa shape index (κ3) is 5.32. The lowest BCUT2D eigenvalue weighted by Gasteiger charge is -2.17. The Balaban J connectivity index is 2.03. The molecule has 6 heteroatoms. The Morgan fingerprint density at radius 2 is 1.88 bits per heavy atom. The Morgan fingerprint density at radius 1 is 1.17 bits per heavy atom. The van der Waals surface area contributed by atoms with Crippen LogP contribution in [0.2, 0.25) is 0 Å². The van der Waals surface area contributed by atoms with Crippen molar-refractivity contribution >= 4 is 46.2 Å². The molecule has 2 aromatic rings. The Bertz CT molecular complexity index is 688. The Labute approximate surface area is 150 Å². The second-order valence-electron chi connectivity index (χ2n) is 5.73. The molecular formula is C18H21NO3S2. The van der Waals surface area contributed by atoms with E-state index in [0.717, 1.165) is 9.75 Å². The third-order valence-corrected chi connectivity index (χ3v) is 5.28. The SMILES string of the molecule is CC(C)[C@H](C)NC(=O)COC(=O)/C(=C/c1cccs1)c1cccs1. The zero-order chi connectivity index (χ0) is 17.5. The van der Waals surface area contributed by atoms with Gasteiger partial charge in [-0.15, -0.1) is 22.7 Å². The molecule has 0 fully saturated rings. The topological polar surface area (TPSA) is 55.4 Å². The number of carbonyl (C=O) groups excluding carboxylic acids is 2. The number of hydrogen-bond acceptors (Lipinski definition) is 5. The highest BCUT2D eigenvalue weighted by molar-refractivity contribution is 7.12. The standard InChI is InChI=1S/C18H21NO3S2/c1-12(2)13(3)19-17(20)11-22-18(21)15(16-7-5-9-24-16)10-14-6-4-8-23-14/h4-10,12-13H,11H2,1-3H3,(H,19,20)/b15-10+/t13-/m0/s1. The molecule has 1 atom stereocenters. The molecule has 1 amide bonds. The first-order valence-corrected chi connectivity index (χ1v) is 9.49. The van der Waals surface area contributed by atoms with Crippen molar-refractivity contribution < 1.29 is 14.3 Å². The third-order valence-electron chi connectivity index (χ3n) is 3.56. The van der Waals surface area contributed by atoms with Gasteiger partial charge in [-0.2, -0.15) is 0 Å². The number of ether oxygens (including phenoxy) is 1. The van der Waals surface area contributed by atoms with E-state index in [1.807, 2.05) is 55.8 Å². The van der Waals surface area contributed by atoms with Gasteiger partial charge in [-0.1, -0.05) is 26.0 Å². The van der Waals surface area contributed by atoms with Gasteiger partial charge in [0.15, 0.2) is 6.61 Å². The lowest BCUT2D eigenvalue weighted by atomic mass is 10.1. The van der Waals surface area contributed by atoms with Crippen molar-refractivity contribution in [2.45, 2.75) is 26.8 Å². The van der Waals surface area contributed by atoms with Crippen LogP contribution in [0.3, 0.4) is 0 Å². The molecule has 0 aliphatic carbocycles. The minimum atomic E-state index is -0.488. The summed E-state index contributed by atoms with van der Waals surface area (Å²) in [6, 6.07) is 7.64. The highest BCUT2D eigenvalue weighted by atomic mass is 32.1. The molecule has 1 N–H and O–H groups in total. The van der Waals surface area contributed by atoms with Crippen molar-refractivity contribution in [1.29, 1.82) is 0 Å². The largest absolute Gasteiger partial charge is 0.452 e. The van der Waals surface area contributed by atoms with Crippen LogP contribution in [0.4, 0.5) is 0 Å². The highest BCUT2D eigenvalue weighted by Gasteiger charge is 2.18. The number of nitrogens with one attached hydrogen (secondary N) is 1.